The maximum absolute atomic E-state index is 12.3. The topological polar surface area (TPSA) is 35.5 Å². The number of carbonyl (C=O) groups excluding carboxylic acids is 1. The minimum atomic E-state index is -0.181. The highest BCUT2D eigenvalue weighted by Crippen LogP contribution is 2.45. The molecule has 0 spiro atoms. The van der Waals surface area contributed by atoms with Crippen LogP contribution in [-0.2, 0) is 16.0 Å². The van der Waals surface area contributed by atoms with Crippen LogP contribution in [0.4, 0.5) is 0 Å². The SMILES string of the molecule is COc1cc2c(cc1C)CC1=C(C(=O)OC1)C2c1ccccc1. The molecule has 1 atom stereocenters. The van der Waals surface area contributed by atoms with Crippen molar-refractivity contribution in [1.82, 2.24) is 0 Å². The molecule has 23 heavy (non-hydrogen) atoms. The van der Waals surface area contributed by atoms with Crippen LogP contribution in [0.25, 0.3) is 0 Å². The van der Waals surface area contributed by atoms with Gasteiger partial charge in [-0.05, 0) is 47.2 Å². The molecule has 1 aliphatic heterocycles. The van der Waals surface area contributed by atoms with Gasteiger partial charge in [-0.2, -0.15) is 0 Å². The summed E-state index contributed by atoms with van der Waals surface area (Å²) in [6.45, 7) is 2.47. The summed E-state index contributed by atoms with van der Waals surface area (Å²) in [6.07, 6.45) is 0.782. The summed E-state index contributed by atoms with van der Waals surface area (Å²) in [5.74, 6) is 0.610. The van der Waals surface area contributed by atoms with E-state index in [0.717, 1.165) is 40.0 Å². The van der Waals surface area contributed by atoms with E-state index in [-0.39, 0.29) is 11.9 Å². The molecule has 0 N–H and O–H groups in total. The zero-order valence-electron chi connectivity index (χ0n) is 13.3. The van der Waals surface area contributed by atoms with E-state index in [1.807, 2.05) is 18.2 Å². The summed E-state index contributed by atoms with van der Waals surface area (Å²) in [4.78, 5) is 12.3. The van der Waals surface area contributed by atoms with Gasteiger partial charge in [0.2, 0.25) is 0 Å². The number of aryl methyl sites for hydroxylation is 1. The summed E-state index contributed by atoms with van der Waals surface area (Å²) < 4.78 is 10.8. The zero-order chi connectivity index (χ0) is 16.0. The van der Waals surface area contributed by atoms with E-state index in [9.17, 15) is 4.79 Å². The van der Waals surface area contributed by atoms with Crippen LogP contribution < -0.4 is 4.74 Å². The summed E-state index contributed by atoms with van der Waals surface area (Å²) in [5, 5.41) is 0. The van der Waals surface area contributed by atoms with Crippen molar-refractivity contribution in [2.24, 2.45) is 0 Å². The maximum Gasteiger partial charge on any atom is 0.335 e. The van der Waals surface area contributed by atoms with Crippen LogP contribution in [0.3, 0.4) is 0 Å². The second kappa shape index (κ2) is 5.27. The highest BCUT2D eigenvalue weighted by Gasteiger charge is 2.38. The third-order valence-corrected chi connectivity index (χ3v) is 4.77. The van der Waals surface area contributed by atoms with Crippen LogP contribution in [-0.4, -0.2) is 19.7 Å². The highest BCUT2D eigenvalue weighted by molar-refractivity contribution is 5.95. The van der Waals surface area contributed by atoms with Crippen LogP contribution in [0.2, 0.25) is 0 Å². The smallest absolute Gasteiger partial charge is 0.335 e. The summed E-state index contributed by atoms with van der Waals surface area (Å²) in [6, 6.07) is 14.4. The number of methoxy groups -OCH3 is 1. The van der Waals surface area contributed by atoms with Gasteiger partial charge in [-0.15, -0.1) is 0 Å². The highest BCUT2D eigenvalue weighted by atomic mass is 16.5. The van der Waals surface area contributed by atoms with Crippen molar-refractivity contribution < 1.29 is 14.3 Å². The Labute approximate surface area is 135 Å². The first-order valence-electron chi connectivity index (χ1n) is 7.80. The molecule has 2 aliphatic rings. The van der Waals surface area contributed by atoms with Gasteiger partial charge >= 0.3 is 5.97 Å². The predicted molar refractivity (Wildman–Crippen MR) is 87.7 cm³/mol. The van der Waals surface area contributed by atoms with Crippen LogP contribution >= 0.6 is 0 Å². The molecule has 2 aromatic rings. The molecule has 0 saturated heterocycles. The molecule has 0 amide bonds. The molecule has 4 rings (SSSR count). The van der Waals surface area contributed by atoms with Crippen molar-refractivity contribution in [2.45, 2.75) is 19.3 Å². The molecule has 1 unspecified atom stereocenters. The lowest BCUT2D eigenvalue weighted by molar-refractivity contribution is -0.136. The van der Waals surface area contributed by atoms with Crippen molar-refractivity contribution in [2.75, 3.05) is 13.7 Å². The molecule has 3 heteroatoms. The molecule has 0 fully saturated rings. The second-order valence-electron chi connectivity index (χ2n) is 6.13. The number of ether oxygens (including phenoxy) is 2. The minimum absolute atomic E-state index is 0.0700. The van der Waals surface area contributed by atoms with E-state index in [1.54, 1.807) is 7.11 Å². The maximum atomic E-state index is 12.3. The zero-order valence-corrected chi connectivity index (χ0v) is 13.3. The van der Waals surface area contributed by atoms with E-state index in [2.05, 4.69) is 31.2 Å². The first kappa shape index (κ1) is 14.1. The summed E-state index contributed by atoms with van der Waals surface area (Å²) >= 11 is 0. The van der Waals surface area contributed by atoms with Crippen LogP contribution in [0.5, 0.6) is 5.75 Å². The average Bonchev–Trinajstić information content (AvgIpc) is 2.93. The average molecular weight is 306 g/mol. The van der Waals surface area contributed by atoms with E-state index >= 15 is 0 Å². The molecule has 1 aliphatic carbocycles. The van der Waals surface area contributed by atoms with Gasteiger partial charge in [0.25, 0.3) is 0 Å². The lowest BCUT2D eigenvalue weighted by Crippen LogP contribution is -2.18. The Hall–Kier alpha value is -2.55. The third kappa shape index (κ3) is 2.15. The second-order valence-corrected chi connectivity index (χ2v) is 6.13. The number of hydrogen-bond donors (Lipinski definition) is 0. The lowest BCUT2D eigenvalue weighted by atomic mass is 9.75. The third-order valence-electron chi connectivity index (χ3n) is 4.77. The van der Waals surface area contributed by atoms with Gasteiger partial charge in [0, 0.05) is 5.92 Å². The van der Waals surface area contributed by atoms with E-state index in [0.29, 0.717) is 6.61 Å². The fraction of sp³-hybridized carbons (Fsp3) is 0.250. The fourth-order valence-electron chi connectivity index (χ4n) is 3.70. The van der Waals surface area contributed by atoms with Gasteiger partial charge in [-0.3, -0.25) is 0 Å². The molecule has 0 radical (unpaired) electrons. The monoisotopic (exact) mass is 306 g/mol. The number of rotatable bonds is 2. The van der Waals surface area contributed by atoms with E-state index in [4.69, 9.17) is 9.47 Å². The number of hydrogen-bond acceptors (Lipinski definition) is 3. The molecule has 1 heterocycles. The Morgan fingerprint density at radius 3 is 2.70 bits per heavy atom. The van der Waals surface area contributed by atoms with E-state index < -0.39 is 0 Å². The van der Waals surface area contributed by atoms with Crippen molar-refractivity contribution >= 4 is 5.97 Å². The molecule has 3 nitrogen and oxygen atoms in total. The Morgan fingerprint density at radius 1 is 1.17 bits per heavy atom. The molecular formula is C20H18O3. The Balaban J connectivity index is 1.95. The number of carbonyl (C=O) groups is 1. The summed E-state index contributed by atoms with van der Waals surface area (Å²) in [5.41, 5.74) is 6.57. The Morgan fingerprint density at radius 2 is 1.96 bits per heavy atom. The van der Waals surface area contributed by atoms with Crippen LogP contribution in [0.1, 0.15) is 28.2 Å². The van der Waals surface area contributed by atoms with Gasteiger partial charge < -0.3 is 9.47 Å². The standard InChI is InChI=1S/C20H18O3/c1-12-8-14-9-15-11-23-20(21)19(15)18(13-6-4-3-5-7-13)16(14)10-17(12)22-2/h3-8,10,18H,9,11H2,1-2H3. The Kier molecular flexibility index (Phi) is 3.22. The van der Waals surface area contributed by atoms with Crippen molar-refractivity contribution in [3.05, 3.63) is 75.9 Å². The molecule has 0 saturated carbocycles. The predicted octanol–water partition coefficient (Wildman–Crippen LogP) is 3.55. The van der Waals surface area contributed by atoms with Crippen molar-refractivity contribution in [3.63, 3.8) is 0 Å². The quantitative estimate of drug-likeness (QED) is 0.796. The van der Waals surface area contributed by atoms with Crippen LogP contribution in [0, 0.1) is 6.92 Å². The fourth-order valence-corrected chi connectivity index (χ4v) is 3.70. The number of fused-ring (bicyclic) bond motifs is 1. The molecule has 0 aromatic heterocycles. The Bertz CT molecular complexity index is 818. The van der Waals surface area contributed by atoms with Gasteiger partial charge in [-0.25, -0.2) is 4.79 Å². The molecular weight excluding hydrogens is 288 g/mol. The van der Waals surface area contributed by atoms with Crippen molar-refractivity contribution in [3.8, 4) is 5.75 Å². The minimum Gasteiger partial charge on any atom is -0.496 e. The molecule has 2 aromatic carbocycles. The van der Waals surface area contributed by atoms with Gasteiger partial charge in [0.15, 0.2) is 0 Å². The lowest BCUT2D eigenvalue weighted by Gasteiger charge is -2.27. The molecule has 0 bridgehead atoms. The van der Waals surface area contributed by atoms with Gasteiger partial charge in [-0.1, -0.05) is 36.4 Å². The largest absolute Gasteiger partial charge is 0.496 e. The number of benzene rings is 2. The molecule has 116 valence electrons. The van der Waals surface area contributed by atoms with Crippen LogP contribution in [0.15, 0.2) is 53.6 Å². The normalized spacial score (nSPS) is 19.2. The number of esters is 1. The first-order chi connectivity index (χ1) is 11.2. The van der Waals surface area contributed by atoms with Crippen molar-refractivity contribution in [1.29, 1.82) is 0 Å². The van der Waals surface area contributed by atoms with Gasteiger partial charge in [0.1, 0.15) is 12.4 Å². The van der Waals surface area contributed by atoms with Gasteiger partial charge in [0.05, 0.1) is 12.7 Å². The first-order valence-corrected chi connectivity index (χ1v) is 7.80. The number of cyclic esters (lactones) is 1. The summed E-state index contributed by atoms with van der Waals surface area (Å²) in [7, 11) is 1.68. The van der Waals surface area contributed by atoms with E-state index in [1.165, 1.54) is 5.56 Å².